The van der Waals surface area contributed by atoms with Gasteiger partial charge in [0.2, 0.25) is 0 Å². The first kappa shape index (κ1) is 11.0. The van der Waals surface area contributed by atoms with Gasteiger partial charge in [-0.1, -0.05) is 34.1 Å². The van der Waals surface area contributed by atoms with Gasteiger partial charge < -0.3 is 10.6 Å². The number of nitrogens with zero attached hydrogens (tertiary/aromatic N) is 1. The number of nitrogens with two attached hydrogens (primary N) is 1. The fraction of sp³-hybridized carbons (Fsp3) is 0.500. The molecule has 0 aromatic heterocycles. The highest BCUT2D eigenvalue weighted by atomic mass is 79.9. The lowest BCUT2D eigenvalue weighted by atomic mass is 10.1. The number of anilines is 1. The summed E-state index contributed by atoms with van der Waals surface area (Å²) in [5.41, 5.74) is 8.65. The Morgan fingerprint density at radius 3 is 2.93 bits per heavy atom. The van der Waals surface area contributed by atoms with Crippen LogP contribution in [0.15, 0.2) is 24.3 Å². The van der Waals surface area contributed by atoms with Crippen LogP contribution in [0.5, 0.6) is 0 Å². The van der Waals surface area contributed by atoms with Crippen LogP contribution in [0, 0.1) is 0 Å². The molecule has 1 atom stereocenters. The Morgan fingerprint density at radius 2 is 2.20 bits per heavy atom. The molecule has 82 valence electrons. The third-order valence-corrected chi connectivity index (χ3v) is 3.56. The Bertz CT molecular complexity index is 327. The van der Waals surface area contributed by atoms with Gasteiger partial charge in [0.1, 0.15) is 0 Å². The lowest BCUT2D eigenvalue weighted by Crippen LogP contribution is -2.38. The summed E-state index contributed by atoms with van der Waals surface area (Å²) < 4.78 is 0. The summed E-state index contributed by atoms with van der Waals surface area (Å²) in [6.07, 6.45) is 2.28. The fourth-order valence-corrected chi connectivity index (χ4v) is 2.52. The second-order valence-electron chi connectivity index (χ2n) is 3.96. The normalized spacial score (nSPS) is 19.3. The lowest BCUT2D eigenvalue weighted by molar-refractivity contribution is 0.625. The zero-order valence-corrected chi connectivity index (χ0v) is 10.4. The second-order valence-corrected chi connectivity index (χ2v) is 4.75. The van der Waals surface area contributed by atoms with Gasteiger partial charge >= 0.3 is 0 Å². The lowest BCUT2D eigenvalue weighted by Gasteiger charge is -2.26. The number of halogens is 1. The predicted octanol–water partition coefficient (Wildman–Crippen LogP) is 2.16. The largest absolute Gasteiger partial charge is 0.367 e. The molecule has 3 heteroatoms. The zero-order valence-electron chi connectivity index (χ0n) is 8.82. The molecular weight excluding hydrogens is 252 g/mol. The van der Waals surface area contributed by atoms with Crippen LogP contribution in [0.25, 0.3) is 0 Å². The summed E-state index contributed by atoms with van der Waals surface area (Å²) in [4.78, 5) is 2.45. The van der Waals surface area contributed by atoms with Gasteiger partial charge in [0.15, 0.2) is 0 Å². The third kappa shape index (κ3) is 2.18. The molecule has 1 aromatic rings. The van der Waals surface area contributed by atoms with Gasteiger partial charge in [0.05, 0.1) is 0 Å². The van der Waals surface area contributed by atoms with Gasteiger partial charge in [0, 0.05) is 30.1 Å². The standard InChI is InChI=1S/C12H17BrN2/c13-6-3-7-15-11(9-14)8-10-4-1-2-5-12(10)15/h1-2,4-5,11H,3,6-9,14H2. The summed E-state index contributed by atoms with van der Waals surface area (Å²) in [6, 6.07) is 9.14. The van der Waals surface area contributed by atoms with Crippen molar-refractivity contribution in [3.63, 3.8) is 0 Å². The van der Waals surface area contributed by atoms with E-state index in [9.17, 15) is 0 Å². The minimum absolute atomic E-state index is 0.501. The molecule has 0 bridgehead atoms. The van der Waals surface area contributed by atoms with E-state index in [1.807, 2.05) is 0 Å². The Morgan fingerprint density at radius 1 is 1.40 bits per heavy atom. The molecule has 0 saturated heterocycles. The summed E-state index contributed by atoms with van der Waals surface area (Å²) in [5.74, 6) is 0. The predicted molar refractivity (Wildman–Crippen MR) is 68.7 cm³/mol. The highest BCUT2D eigenvalue weighted by Crippen LogP contribution is 2.31. The fourth-order valence-electron chi connectivity index (χ4n) is 2.27. The molecule has 1 aromatic carbocycles. The molecule has 2 rings (SSSR count). The number of alkyl halides is 1. The van der Waals surface area contributed by atoms with Crippen molar-refractivity contribution in [2.45, 2.75) is 18.9 Å². The Hall–Kier alpha value is -0.540. The van der Waals surface area contributed by atoms with Crippen molar-refractivity contribution in [1.82, 2.24) is 0 Å². The smallest absolute Gasteiger partial charge is 0.0453 e. The number of rotatable bonds is 4. The highest BCUT2D eigenvalue weighted by Gasteiger charge is 2.26. The second kappa shape index (κ2) is 4.99. The molecule has 0 amide bonds. The average molecular weight is 269 g/mol. The Labute approximate surface area is 99.6 Å². The van der Waals surface area contributed by atoms with Crippen LogP contribution in [-0.2, 0) is 6.42 Å². The van der Waals surface area contributed by atoms with Crippen molar-refractivity contribution in [2.24, 2.45) is 5.73 Å². The molecule has 0 aliphatic carbocycles. The highest BCUT2D eigenvalue weighted by molar-refractivity contribution is 9.09. The van der Waals surface area contributed by atoms with Crippen LogP contribution in [-0.4, -0.2) is 24.5 Å². The number of para-hydroxylation sites is 1. The maximum absolute atomic E-state index is 5.82. The molecule has 1 aliphatic heterocycles. The van der Waals surface area contributed by atoms with Crippen LogP contribution < -0.4 is 10.6 Å². The zero-order chi connectivity index (χ0) is 10.7. The van der Waals surface area contributed by atoms with E-state index in [0.717, 1.165) is 24.8 Å². The van der Waals surface area contributed by atoms with Crippen molar-refractivity contribution >= 4 is 21.6 Å². The summed E-state index contributed by atoms with van der Waals surface area (Å²) >= 11 is 3.48. The Balaban J connectivity index is 2.18. The van der Waals surface area contributed by atoms with Crippen LogP contribution in [0.4, 0.5) is 5.69 Å². The maximum Gasteiger partial charge on any atom is 0.0453 e. The van der Waals surface area contributed by atoms with Crippen LogP contribution >= 0.6 is 15.9 Å². The van der Waals surface area contributed by atoms with E-state index in [-0.39, 0.29) is 0 Å². The van der Waals surface area contributed by atoms with Gasteiger partial charge in [-0.3, -0.25) is 0 Å². The first-order valence-corrected chi connectivity index (χ1v) is 6.59. The monoisotopic (exact) mass is 268 g/mol. The molecule has 2 N–H and O–H groups in total. The summed E-state index contributed by atoms with van der Waals surface area (Å²) in [6.45, 7) is 1.85. The van der Waals surface area contributed by atoms with E-state index >= 15 is 0 Å². The maximum atomic E-state index is 5.82. The third-order valence-electron chi connectivity index (χ3n) is 3.00. The summed E-state index contributed by atoms with van der Waals surface area (Å²) in [7, 11) is 0. The van der Waals surface area contributed by atoms with Gasteiger partial charge in [0.25, 0.3) is 0 Å². The topological polar surface area (TPSA) is 29.3 Å². The molecule has 2 nitrogen and oxygen atoms in total. The van der Waals surface area contributed by atoms with Crippen LogP contribution in [0.1, 0.15) is 12.0 Å². The van der Waals surface area contributed by atoms with Crippen LogP contribution in [0.3, 0.4) is 0 Å². The van der Waals surface area contributed by atoms with E-state index < -0.39 is 0 Å². The summed E-state index contributed by atoms with van der Waals surface area (Å²) in [5, 5.41) is 1.06. The van der Waals surface area contributed by atoms with E-state index in [1.165, 1.54) is 17.7 Å². The molecule has 0 saturated carbocycles. The molecule has 0 fully saturated rings. The van der Waals surface area contributed by atoms with Crippen LogP contribution in [0.2, 0.25) is 0 Å². The van der Waals surface area contributed by atoms with Gasteiger partial charge in [-0.15, -0.1) is 0 Å². The average Bonchev–Trinajstić information content (AvgIpc) is 2.64. The molecule has 1 aliphatic rings. The van der Waals surface area contributed by atoms with E-state index in [1.54, 1.807) is 0 Å². The van der Waals surface area contributed by atoms with Crippen molar-refractivity contribution in [2.75, 3.05) is 23.3 Å². The van der Waals surface area contributed by atoms with E-state index in [0.29, 0.717) is 6.04 Å². The molecule has 15 heavy (non-hydrogen) atoms. The van der Waals surface area contributed by atoms with E-state index in [4.69, 9.17) is 5.73 Å². The van der Waals surface area contributed by atoms with Gasteiger partial charge in [-0.25, -0.2) is 0 Å². The molecule has 0 radical (unpaired) electrons. The van der Waals surface area contributed by atoms with Gasteiger partial charge in [-0.2, -0.15) is 0 Å². The molecular formula is C12H17BrN2. The van der Waals surface area contributed by atoms with E-state index in [2.05, 4.69) is 45.1 Å². The van der Waals surface area contributed by atoms with Crippen molar-refractivity contribution in [1.29, 1.82) is 0 Å². The first-order valence-electron chi connectivity index (χ1n) is 5.47. The number of benzene rings is 1. The van der Waals surface area contributed by atoms with Crippen molar-refractivity contribution in [3.05, 3.63) is 29.8 Å². The SMILES string of the molecule is NCC1Cc2ccccc2N1CCCBr. The molecule has 0 spiro atoms. The minimum Gasteiger partial charge on any atom is -0.367 e. The number of fused-ring (bicyclic) bond motifs is 1. The number of hydrogen-bond donors (Lipinski definition) is 1. The Kier molecular flexibility index (Phi) is 3.65. The minimum atomic E-state index is 0.501. The quantitative estimate of drug-likeness (QED) is 0.849. The van der Waals surface area contributed by atoms with Gasteiger partial charge in [-0.05, 0) is 24.5 Å². The molecule has 1 unspecified atom stereocenters. The first-order chi connectivity index (χ1) is 7.36. The van der Waals surface area contributed by atoms with Crippen molar-refractivity contribution < 1.29 is 0 Å². The molecule has 1 heterocycles. The van der Waals surface area contributed by atoms with Crippen molar-refractivity contribution in [3.8, 4) is 0 Å². The number of hydrogen-bond acceptors (Lipinski definition) is 2.